The van der Waals surface area contributed by atoms with Crippen molar-refractivity contribution >= 4 is 11.8 Å². The third-order valence-corrected chi connectivity index (χ3v) is 2.36. The van der Waals surface area contributed by atoms with Crippen LogP contribution in [0.5, 0.6) is 0 Å². The van der Waals surface area contributed by atoms with Crippen LogP contribution in [0.4, 0.5) is 5.82 Å². The predicted octanol–water partition coefficient (Wildman–Crippen LogP) is 1.49. The van der Waals surface area contributed by atoms with Gasteiger partial charge in [-0.15, -0.1) is 0 Å². The Morgan fingerprint density at radius 2 is 2.11 bits per heavy atom. The van der Waals surface area contributed by atoms with Gasteiger partial charge in [-0.05, 0) is 19.3 Å². The molecule has 1 N–H and O–H groups in total. The van der Waals surface area contributed by atoms with Crippen molar-refractivity contribution in [3.05, 3.63) is 18.1 Å². The Bertz CT molecular complexity index is 371. The molecule has 1 rings (SSSR count). The molecule has 0 bridgehead atoms. The fourth-order valence-corrected chi connectivity index (χ4v) is 1.42. The van der Waals surface area contributed by atoms with Gasteiger partial charge in [0.25, 0.3) is 0 Å². The summed E-state index contributed by atoms with van der Waals surface area (Å²) in [5.74, 6) is 0.107. The quantitative estimate of drug-likeness (QED) is 0.559. The number of esters is 1. The van der Waals surface area contributed by atoms with Crippen molar-refractivity contribution in [1.82, 2.24) is 9.97 Å². The predicted molar refractivity (Wildman–Crippen MR) is 67.6 cm³/mol. The van der Waals surface area contributed by atoms with E-state index in [0.29, 0.717) is 5.82 Å². The molecule has 6 heteroatoms. The van der Waals surface area contributed by atoms with Crippen molar-refractivity contribution in [2.75, 3.05) is 32.7 Å². The van der Waals surface area contributed by atoms with Crippen molar-refractivity contribution in [3.63, 3.8) is 0 Å². The molecule has 100 valence electrons. The molecule has 1 aromatic heterocycles. The smallest absolute Gasteiger partial charge is 0.358 e. The number of anilines is 1. The second-order valence-electron chi connectivity index (χ2n) is 3.76. The summed E-state index contributed by atoms with van der Waals surface area (Å²) in [6.45, 7) is 1.58. The number of unbranched alkanes of at least 4 members (excludes halogenated alkanes) is 2. The van der Waals surface area contributed by atoms with Crippen molar-refractivity contribution in [2.24, 2.45) is 0 Å². The number of carbonyl (C=O) groups is 1. The Morgan fingerprint density at radius 3 is 2.83 bits per heavy atom. The van der Waals surface area contributed by atoms with E-state index >= 15 is 0 Å². The molecule has 0 unspecified atom stereocenters. The average Bonchev–Trinajstić information content (AvgIpc) is 2.42. The maximum Gasteiger partial charge on any atom is 0.358 e. The maximum absolute atomic E-state index is 11.2. The van der Waals surface area contributed by atoms with E-state index < -0.39 is 5.97 Å². The molecule has 0 radical (unpaired) electrons. The number of hydrogen-bond donors (Lipinski definition) is 1. The topological polar surface area (TPSA) is 73.3 Å². The first-order chi connectivity index (χ1) is 8.77. The highest BCUT2D eigenvalue weighted by molar-refractivity contribution is 5.87. The fourth-order valence-electron chi connectivity index (χ4n) is 1.42. The maximum atomic E-state index is 11.2. The lowest BCUT2D eigenvalue weighted by Crippen LogP contribution is -2.09. The van der Waals surface area contributed by atoms with Gasteiger partial charge in [0, 0.05) is 20.3 Å². The van der Waals surface area contributed by atoms with Gasteiger partial charge in [-0.25, -0.2) is 9.78 Å². The lowest BCUT2D eigenvalue weighted by atomic mass is 10.2. The van der Waals surface area contributed by atoms with Gasteiger partial charge < -0.3 is 14.8 Å². The Hall–Kier alpha value is -1.69. The molecular formula is C12H19N3O3. The van der Waals surface area contributed by atoms with Crippen LogP contribution in [0.15, 0.2) is 12.4 Å². The molecule has 0 saturated carbocycles. The van der Waals surface area contributed by atoms with E-state index in [-0.39, 0.29) is 5.69 Å². The van der Waals surface area contributed by atoms with Crippen LogP contribution in [-0.2, 0) is 9.47 Å². The van der Waals surface area contributed by atoms with Gasteiger partial charge >= 0.3 is 5.97 Å². The number of hydrogen-bond acceptors (Lipinski definition) is 6. The summed E-state index contributed by atoms with van der Waals surface area (Å²) in [7, 11) is 3.02. The molecule has 6 nitrogen and oxygen atoms in total. The number of rotatable bonds is 8. The van der Waals surface area contributed by atoms with Gasteiger partial charge in [0.15, 0.2) is 5.69 Å². The first-order valence-electron chi connectivity index (χ1n) is 5.91. The van der Waals surface area contributed by atoms with Crippen LogP contribution in [0, 0.1) is 0 Å². The van der Waals surface area contributed by atoms with Crippen molar-refractivity contribution in [2.45, 2.75) is 19.3 Å². The standard InChI is InChI=1S/C12H19N3O3/c1-17-7-5-3-4-6-14-11-9-13-8-10(15-11)12(16)18-2/h8-9H,3-7H2,1-2H3,(H,14,15). The highest BCUT2D eigenvalue weighted by Gasteiger charge is 2.07. The Labute approximate surface area is 107 Å². The molecule has 0 amide bonds. The molecule has 18 heavy (non-hydrogen) atoms. The number of nitrogens with zero attached hydrogens (tertiary/aromatic N) is 2. The monoisotopic (exact) mass is 253 g/mol. The van der Waals surface area contributed by atoms with Crippen LogP contribution in [0.3, 0.4) is 0 Å². The van der Waals surface area contributed by atoms with Gasteiger partial charge in [-0.2, -0.15) is 0 Å². The SMILES string of the molecule is COCCCCCNc1cncc(C(=O)OC)n1. The summed E-state index contributed by atoms with van der Waals surface area (Å²) in [5, 5.41) is 3.12. The Morgan fingerprint density at radius 1 is 1.28 bits per heavy atom. The van der Waals surface area contributed by atoms with E-state index in [4.69, 9.17) is 4.74 Å². The Balaban J connectivity index is 2.32. The minimum atomic E-state index is -0.480. The molecular weight excluding hydrogens is 234 g/mol. The molecule has 0 fully saturated rings. The van der Waals surface area contributed by atoms with Gasteiger partial charge in [-0.1, -0.05) is 0 Å². The third-order valence-electron chi connectivity index (χ3n) is 2.36. The van der Waals surface area contributed by atoms with Crippen LogP contribution in [0.25, 0.3) is 0 Å². The first kappa shape index (κ1) is 14.4. The molecule has 0 aliphatic heterocycles. The van der Waals surface area contributed by atoms with Crippen molar-refractivity contribution in [3.8, 4) is 0 Å². The second kappa shape index (κ2) is 8.41. The summed E-state index contributed by atoms with van der Waals surface area (Å²) in [6.07, 6.45) is 6.13. The third kappa shape index (κ3) is 5.09. The summed E-state index contributed by atoms with van der Waals surface area (Å²) < 4.78 is 9.55. The van der Waals surface area contributed by atoms with Gasteiger partial charge in [0.2, 0.25) is 0 Å². The van der Waals surface area contributed by atoms with E-state index in [0.717, 1.165) is 32.4 Å². The van der Waals surface area contributed by atoms with E-state index in [9.17, 15) is 4.79 Å². The zero-order valence-electron chi connectivity index (χ0n) is 10.8. The summed E-state index contributed by atoms with van der Waals surface area (Å²) >= 11 is 0. The van der Waals surface area contributed by atoms with E-state index in [2.05, 4.69) is 20.0 Å². The largest absolute Gasteiger partial charge is 0.464 e. The number of aromatic nitrogens is 2. The molecule has 1 heterocycles. The molecule has 0 aliphatic carbocycles. The minimum Gasteiger partial charge on any atom is -0.464 e. The zero-order chi connectivity index (χ0) is 13.2. The van der Waals surface area contributed by atoms with Crippen LogP contribution in [0.1, 0.15) is 29.8 Å². The van der Waals surface area contributed by atoms with Crippen LogP contribution < -0.4 is 5.32 Å². The lowest BCUT2D eigenvalue weighted by Gasteiger charge is -2.06. The lowest BCUT2D eigenvalue weighted by molar-refractivity contribution is 0.0593. The number of ether oxygens (including phenoxy) is 2. The molecule has 0 atom stereocenters. The van der Waals surface area contributed by atoms with E-state index in [1.54, 1.807) is 13.3 Å². The van der Waals surface area contributed by atoms with Gasteiger partial charge in [0.1, 0.15) is 5.82 Å². The van der Waals surface area contributed by atoms with Gasteiger partial charge in [0.05, 0.1) is 19.5 Å². The highest BCUT2D eigenvalue weighted by atomic mass is 16.5. The van der Waals surface area contributed by atoms with Crippen LogP contribution in [0.2, 0.25) is 0 Å². The minimum absolute atomic E-state index is 0.210. The number of carbonyl (C=O) groups excluding carboxylic acids is 1. The number of methoxy groups -OCH3 is 2. The van der Waals surface area contributed by atoms with Crippen molar-refractivity contribution < 1.29 is 14.3 Å². The van der Waals surface area contributed by atoms with Crippen molar-refractivity contribution in [1.29, 1.82) is 0 Å². The number of nitrogens with one attached hydrogen (secondary N) is 1. The normalized spacial score (nSPS) is 10.1. The first-order valence-corrected chi connectivity index (χ1v) is 5.91. The zero-order valence-corrected chi connectivity index (χ0v) is 10.8. The molecule has 1 aromatic rings. The second-order valence-corrected chi connectivity index (χ2v) is 3.76. The van der Waals surface area contributed by atoms with Gasteiger partial charge in [-0.3, -0.25) is 4.98 Å². The van der Waals surface area contributed by atoms with Crippen LogP contribution >= 0.6 is 0 Å². The Kier molecular flexibility index (Phi) is 6.71. The summed E-state index contributed by atoms with van der Waals surface area (Å²) in [6, 6.07) is 0. The van der Waals surface area contributed by atoms with Crippen LogP contribution in [-0.4, -0.2) is 43.3 Å². The fraction of sp³-hybridized carbons (Fsp3) is 0.583. The van der Waals surface area contributed by atoms with E-state index in [1.165, 1.54) is 13.3 Å². The van der Waals surface area contributed by atoms with E-state index in [1.807, 2.05) is 0 Å². The molecule has 0 aliphatic rings. The summed E-state index contributed by atoms with van der Waals surface area (Å²) in [5.41, 5.74) is 0.210. The molecule has 0 saturated heterocycles. The highest BCUT2D eigenvalue weighted by Crippen LogP contribution is 2.04. The summed E-state index contributed by atoms with van der Waals surface area (Å²) in [4.78, 5) is 19.3. The average molecular weight is 253 g/mol. The molecule has 0 aromatic carbocycles. The molecule has 0 spiro atoms.